The Balaban J connectivity index is 2.41. The molecule has 2 rings (SSSR count). The van der Waals surface area contributed by atoms with Gasteiger partial charge in [-0.15, -0.1) is 0 Å². The fourth-order valence-corrected chi connectivity index (χ4v) is 2.13. The lowest BCUT2D eigenvalue weighted by Crippen LogP contribution is -2.06. The average molecular weight is 231 g/mol. The van der Waals surface area contributed by atoms with Gasteiger partial charge in [-0.25, -0.2) is 4.98 Å². The summed E-state index contributed by atoms with van der Waals surface area (Å²) in [6, 6.07) is 4.16. The Labute approximate surface area is 103 Å². The first kappa shape index (κ1) is 12.1. The average Bonchev–Trinajstić information content (AvgIpc) is 2.69. The molecule has 3 nitrogen and oxygen atoms in total. The van der Waals surface area contributed by atoms with Gasteiger partial charge in [0, 0.05) is 30.9 Å². The molecule has 1 atom stereocenters. The van der Waals surface area contributed by atoms with Crippen molar-refractivity contribution in [2.45, 2.75) is 33.4 Å². The fraction of sp³-hybridized carbons (Fsp3) is 0.500. The highest BCUT2D eigenvalue weighted by Gasteiger charge is 2.10. The molecule has 92 valence electrons. The lowest BCUT2D eigenvalue weighted by Gasteiger charge is -2.10. The van der Waals surface area contributed by atoms with Crippen molar-refractivity contribution in [2.24, 2.45) is 5.92 Å². The second-order valence-electron chi connectivity index (χ2n) is 4.73. The molecule has 17 heavy (non-hydrogen) atoms. The van der Waals surface area contributed by atoms with Crippen molar-refractivity contribution in [3.63, 3.8) is 0 Å². The van der Waals surface area contributed by atoms with Crippen molar-refractivity contribution in [1.29, 1.82) is 0 Å². The molecule has 0 saturated heterocycles. The normalized spacial score (nSPS) is 13.1. The first-order valence-corrected chi connectivity index (χ1v) is 6.33. The highest BCUT2D eigenvalue weighted by atomic mass is 15.0. The first-order valence-electron chi connectivity index (χ1n) is 6.33. The van der Waals surface area contributed by atoms with Crippen molar-refractivity contribution in [2.75, 3.05) is 7.05 Å². The summed E-state index contributed by atoms with van der Waals surface area (Å²) < 4.78 is 2.29. The Morgan fingerprint density at radius 1 is 1.47 bits per heavy atom. The molecule has 0 aliphatic carbocycles. The number of hydrogen-bond donors (Lipinski definition) is 1. The summed E-state index contributed by atoms with van der Waals surface area (Å²) in [4.78, 5) is 4.51. The maximum Gasteiger partial charge on any atom is 0.140 e. The van der Waals surface area contributed by atoms with Crippen LogP contribution < -0.4 is 5.32 Å². The van der Waals surface area contributed by atoms with Crippen LogP contribution in [0, 0.1) is 5.92 Å². The van der Waals surface area contributed by atoms with Gasteiger partial charge in [-0.3, -0.25) is 0 Å². The SMILES string of the molecule is CCC(C)Cn1cc(CNC)c2cccnc21. The Hall–Kier alpha value is -1.35. The van der Waals surface area contributed by atoms with E-state index in [1.165, 1.54) is 17.4 Å². The molecular formula is C14H21N3. The third-order valence-corrected chi connectivity index (χ3v) is 3.29. The molecule has 2 aromatic rings. The molecule has 0 radical (unpaired) electrons. The van der Waals surface area contributed by atoms with E-state index in [4.69, 9.17) is 0 Å². The molecule has 0 aliphatic rings. The molecule has 0 aliphatic heterocycles. The topological polar surface area (TPSA) is 29.9 Å². The van der Waals surface area contributed by atoms with Crippen LogP contribution in [-0.4, -0.2) is 16.6 Å². The molecule has 0 spiro atoms. The van der Waals surface area contributed by atoms with Crippen molar-refractivity contribution < 1.29 is 0 Å². The molecule has 0 aromatic carbocycles. The second kappa shape index (κ2) is 5.32. The van der Waals surface area contributed by atoms with Crippen molar-refractivity contribution >= 4 is 11.0 Å². The highest BCUT2D eigenvalue weighted by Crippen LogP contribution is 2.20. The summed E-state index contributed by atoms with van der Waals surface area (Å²) in [5.41, 5.74) is 2.44. The van der Waals surface area contributed by atoms with Crippen LogP contribution in [0.4, 0.5) is 0 Å². The van der Waals surface area contributed by atoms with Crippen LogP contribution in [0.1, 0.15) is 25.8 Å². The Bertz CT molecular complexity index is 487. The predicted molar refractivity (Wildman–Crippen MR) is 72.0 cm³/mol. The number of pyridine rings is 1. The lowest BCUT2D eigenvalue weighted by molar-refractivity contribution is 0.475. The predicted octanol–water partition coefficient (Wildman–Crippen LogP) is 2.80. The number of fused-ring (bicyclic) bond motifs is 1. The van der Waals surface area contributed by atoms with E-state index in [1.54, 1.807) is 0 Å². The molecule has 2 heterocycles. The molecule has 0 amide bonds. The number of aromatic nitrogens is 2. The van der Waals surface area contributed by atoms with Gasteiger partial charge in [-0.2, -0.15) is 0 Å². The van der Waals surface area contributed by atoms with Crippen LogP contribution in [0.15, 0.2) is 24.5 Å². The van der Waals surface area contributed by atoms with Gasteiger partial charge in [0.1, 0.15) is 5.65 Å². The minimum atomic E-state index is 0.690. The van der Waals surface area contributed by atoms with E-state index >= 15 is 0 Å². The number of nitrogens with zero attached hydrogens (tertiary/aromatic N) is 2. The van der Waals surface area contributed by atoms with Crippen molar-refractivity contribution in [1.82, 2.24) is 14.9 Å². The van der Waals surface area contributed by atoms with E-state index in [2.05, 4.69) is 41.0 Å². The molecule has 1 N–H and O–H groups in total. The van der Waals surface area contributed by atoms with Crippen LogP contribution in [-0.2, 0) is 13.1 Å². The number of nitrogens with one attached hydrogen (secondary N) is 1. The van der Waals surface area contributed by atoms with E-state index in [-0.39, 0.29) is 0 Å². The lowest BCUT2D eigenvalue weighted by atomic mass is 10.1. The molecule has 2 aromatic heterocycles. The van der Waals surface area contributed by atoms with E-state index < -0.39 is 0 Å². The van der Waals surface area contributed by atoms with Gasteiger partial charge in [-0.05, 0) is 30.7 Å². The molecule has 1 unspecified atom stereocenters. The zero-order chi connectivity index (χ0) is 12.3. The van der Waals surface area contributed by atoms with Gasteiger partial charge in [0.15, 0.2) is 0 Å². The fourth-order valence-electron chi connectivity index (χ4n) is 2.13. The Morgan fingerprint density at radius 2 is 2.29 bits per heavy atom. The summed E-state index contributed by atoms with van der Waals surface area (Å²) >= 11 is 0. The minimum absolute atomic E-state index is 0.690. The van der Waals surface area contributed by atoms with E-state index in [0.717, 1.165) is 18.7 Å². The standard InChI is InChI=1S/C14H21N3/c1-4-11(2)9-17-10-12(8-15-3)13-6-5-7-16-14(13)17/h5-7,10-11,15H,4,8-9H2,1-3H3. The van der Waals surface area contributed by atoms with Crippen molar-refractivity contribution in [3.05, 3.63) is 30.1 Å². The van der Waals surface area contributed by atoms with Crippen LogP contribution in [0.5, 0.6) is 0 Å². The zero-order valence-corrected chi connectivity index (χ0v) is 10.9. The van der Waals surface area contributed by atoms with Crippen LogP contribution in [0.2, 0.25) is 0 Å². The number of rotatable bonds is 5. The van der Waals surface area contributed by atoms with Gasteiger partial charge >= 0.3 is 0 Å². The molecular weight excluding hydrogens is 210 g/mol. The maximum atomic E-state index is 4.51. The summed E-state index contributed by atoms with van der Waals surface area (Å²) in [5, 5.41) is 4.48. The van der Waals surface area contributed by atoms with Crippen LogP contribution >= 0.6 is 0 Å². The molecule has 0 bridgehead atoms. The van der Waals surface area contributed by atoms with Gasteiger partial charge in [-0.1, -0.05) is 20.3 Å². The van der Waals surface area contributed by atoms with Gasteiger partial charge < -0.3 is 9.88 Å². The third-order valence-electron chi connectivity index (χ3n) is 3.29. The third kappa shape index (κ3) is 2.50. The molecule has 0 fully saturated rings. The Kier molecular flexibility index (Phi) is 3.79. The highest BCUT2D eigenvalue weighted by molar-refractivity contribution is 5.80. The number of hydrogen-bond acceptors (Lipinski definition) is 2. The van der Waals surface area contributed by atoms with Crippen LogP contribution in [0.25, 0.3) is 11.0 Å². The quantitative estimate of drug-likeness (QED) is 0.857. The summed E-state index contributed by atoms with van der Waals surface area (Å²) in [6.45, 7) is 6.47. The molecule has 3 heteroatoms. The smallest absolute Gasteiger partial charge is 0.140 e. The summed E-state index contributed by atoms with van der Waals surface area (Å²) in [6.07, 6.45) is 5.31. The monoisotopic (exact) mass is 231 g/mol. The van der Waals surface area contributed by atoms with E-state index in [1.807, 2.05) is 19.3 Å². The summed E-state index contributed by atoms with van der Waals surface area (Å²) in [7, 11) is 1.98. The zero-order valence-electron chi connectivity index (χ0n) is 10.9. The molecule has 0 saturated carbocycles. The van der Waals surface area contributed by atoms with Gasteiger partial charge in [0.2, 0.25) is 0 Å². The van der Waals surface area contributed by atoms with E-state index in [0.29, 0.717) is 5.92 Å². The van der Waals surface area contributed by atoms with Gasteiger partial charge in [0.25, 0.3) is 0 Å². The second-order valence-corrected chi connectivity index (χ2v) is 4.73. The van der Waals surface area contributed by atoms with Crippen molar-refractivity contribution in [3.8, 4) is 0 Å². The maximum absolute atomic E-state index is 4.51. The Morgan fingerprint density at radius 3 is 3.00 bits per heavy atom. The minimum Gasteiger partial charge on any atom is -0.332 e. The largest absolute Gasteiger partial charge is 0.332 e. The first-order chi connectivity index (χ1) is 8.26. The summed E-state index contributed by atoms with van der Waals surface area (Å²) in [5.74, 6) is 0.690. The van der Waals surface area contributed by atoms with E-state index in [9.17, 15) is 0 Å². The van der Waals surface area contributed by atoms with Gasteiger partial charge in [0.05, 0.1) is 0 Å². The van der Waals surface area contributed by atoms with Crippen LogP contribution in [0.3, 0.4) is 0 Å².